The minimum atomic E-state index is 0.128. The van der Waals surface area contributed by atoms with Gasteiger partial charge in [0.05, 0.1) is 0 Å². The standard InChI is InChI=1S/C15H26N4/c1-12(16)15(13-6-8-17-9-7-13)19-10-4-5-14(11-19)18(2)3/h6-9,12,14-15H,4-5,10-11,16H2,1-3H3. The molecule has 19 heavy (non-hydrogen) atoms. The number of nitrogens with zero attached hydrogens (tertiary/aromatic N) is 3. The number of hydrogen-bond acceptors (Lipinski definition) is 4. The van der Waals surface area contributed by atoms with E-state index < -0.39 is 0 Å². The van der Waals surface area contributed by atoms with E-state index in [1.165, 1.54) is 18.4 Å². The van der Waals surface area contributed by atoms with Crippen molar-refractivity contribution in [3.63, 3.8) is 0 Å². The smallest absolute Gasteiger partial charge is 0.0498 e. The highest BCUT2D eigenvalue weighted by Gasteiger charge is 2.29. The van der Waals surface area contributed by atoms with Crippen LogP contribution in [0.4, 0.5) is 0 Å². The predicted octanol–water partition coefficient (Wildman–Crippen LogP) is 1.50. The molecule has 1 fully saturated rings. The number of pyridine rings is 1. The van der Waals surface area contributed by atoms with Gasteiger partial charge in [-0.2, -0.15) is 0 Å². The summed E-state index contributed by atoms with van der Waals surface area (Å²) >= 11 is 0. The second kappa shape index (κ2) is 6.46. The van der Waals surface area contributed by atoms with E-state index in [9.17, 15) is 0 Å². The topological polar surface area (TPSA) is 45.4 Å². The summed E-state index contributed by atoms with van der Waals surface area (Å²) in [7, 11) is 4.34. The zero-order valence-corrected chi connectivity index (χ0v) is 12.3. The number of likely N-dealkylation sites (tertiary alicyclic amines) is 1. The molecule has 4 heteroatoms. The van der Waals surface area contributed by atoms with E-state index in [4.69, 9.17) is 5.73 Å². The molecule has 1 aliphatic heterocycles. The summed E-state index contributed by atoms with van der Waals surface area (Å²) in [5.41, 5.74) is 7.53. The SMILES string of the molecule is CC(N)C(c1ccncc1)N1CCCC(N(C)C)C1. The van der Waals surface area contributed by atoms with Crippen LogP contribution < -0.4 is 5.73 Å². The molecule has 0 radical (unpaired) electrons. The van der Waals surface area contributed by atoms with Gasteiger partial charge in [-0.15, -0.1) is 0 Å². The Morgan fingerprint density at radius 2 is 2.05 bits per heavy atom. The molecular weight excluding hydrogens is 236 g/mol. The van der Waals surface area contributed by atoms with Crippen LogP contribution in [-0.4, -0.2) is 54.1 Å². The molecule has 106 valence electrons. The van der Waals surface area contributed by atoms with Crippen molar-refractivity contribution >= 4 is 0 Å². The average molecular weight is 262 g/mol. The summed E-state index contributed by atoms with van der Waals surface area (Å²) < 4.78 is 0. The molecule has 3 atom stereocenters. The lowest BCUT2D eigenvalue weighted by Crippen LogP contribution is -2.49. The van der Waals surface area contributed by atoms with Gasteiger partial charge in [-0.05, 0) is 58.1 Å². The van der Waals surface area contributed by atoms with E-state index in [2.05, 4.69) is 47.9 Å². The Bertz CT molecular complexity index is 377. The molecule has 1 aromatic rings. The van der Waals surface area contributed by atoms with Gasteiger partial charge in [0.1, 0.15) is 0 Å². The summed E-state index contributed by atoms with van der Waals surface area (Å²) in [6.45, 7) is 4.34. The van der Waals surface area contributed by atoms with Crippen molar-refractivity contribution in [2.45, 2.75) is 37.9 Å². The van der Waals surface area contributed by atoms with Gasteiger partial charge in [0.25, 0.3) is 0 Å². The average Bonchev–Trinajstić information content (AvgIpc) is 2.40. The Hall–Kier alpha value is -0.970. The highest BCUT2D eigenvalue weighted by Crippen LogP contribution is 2.27. The zero-order chi connectivity index (χ0) is 13.8. The van der Waals surface area contributed by atoms with Crippen LogP contribution in [-0.2, 0) is 0 Å². The Kier molecular flexibility index (Phi) is 4.91. The lowest BCUT2D eigenvalue weighted by Gasteiger charge is -2.42. The van der Waals surface area contributed by atoms with E-state index in [0.717, 1.165) is 13.1 Å². The summed E-state index contributed by atoms with van der Waals surface area (Å²) in [6.07, 6.45) is 6.25. The van der Waals surface area contributed by atoms with Gasteiger partial charge in [-0.3, -0.25) is 9.88 Å². The van der Waals surface area contributed by atoms with Gasteiger partial charge in [0.2, 0.25) is 0 Å². The van der Waals surface area contributed by atoms with Crippen molar-refractivity contribution in [1.82, 2.24) is 14.8 Å². The van der Waals surface area contributed by atoms with Gasteiger partial charge in [0.15, 0.2) is 0 Å². The number of nitrogens with two attached hydrogens (primary N) is 1. The molecule has 2 rings (SSSR count). The number of aromatic nitrogens is 1. The Morgan fingerprint density at radius 3 is 2.63 bits per heavy atom. The van der Waals surface area contributed by atoms with E-state index in [1.807, 2.05) is 12.4 Å². The minimum absolute atomic E-state index is 0.128. The summed E-state index contributed by atoms with van der Waals surface area (Å²) in [5, 5.41) is 0. The van der Waals surface area contributed by atoms with E-state index in [1.54, 1.807) is 0 Å². The molecule has 1 aliphatic rings. The fourth-order valence-corrected chi connectivity index (χ4v) is 3.06. The van der Waals surface area contributed by atoms with Crippen LogP contribution in [0.2, 0.25) is 0 Å². The maximum Gasteiger partial charge on any atom is 0.0498 e. The molecule has 0 spiro atoms. The summed E-state index contributed by atoms with van der Waals surface area (Å²) in [5.74, 6) is 0. The minimum Gasteiger partial charge on any atom is -0.326 e. The Labute approximate surface area is 116 Å². The largest absolute Gasteiger partial charge is 0.326 e. The van der Waals surface area contributed by atoms with Gasteiger partial charge >= 0.3 is 0 Å². The highest BCUT2D eigenvalue weighted by molar-refractivity contribution is 5.17. The van der Waals surface area contributed by atoms with Crippen LogP contribution in [0.3, 0.4) is 0 Å². The summed E-state index contributed by atoms with van der Waals surface area (Å²) in [4.78, 5) is 8.97. The highest BCUT2D eigenvalue weighted by atomic mass is 15.2. The molecular formula is C15H26N4. The third kappa shape index (κ3) is 3.53. The monoisotopic (exact) mass is 262 g/mol. The normalized spacial score (nSPS) is 24.4. The molecule has 1 aromatic heterocycles. The second-order valence-corrected chi connectivity index (χ2v) is 5.84. The van der Waals surface area contributed by atoms with Crippen molar-refractivity contribution in [2.75, 3.05) is 27.2 Å². The van der Waals surface area contributed by atoms with Crippen molar-refractivity contribution in [2.24, 2.45) is 5.73 Å². The fraction of sp³-hybridized carbons (Fsp3) is 0.667. The van der Waals surface area contributed by atoms with Crippen molar-refractivity contribution in [3.05, 3.63) is 30.1 Å². The van der Waals surface area contributed by atoms with Crippen LogP contribution in [0.1, 0.15) is 31.4 Å². The van der Waals surface area contributed by atoms with Gasteiger partial charge in [-0.1, -0.05) is 0 Å². The first kappa shape index (κ1) is 14.4. The maximum atomic E-state index is 6.25. The number of hydrogen-bond donors (Lipinski definition) is 1. The molecule has 2 heterocycles. The number of likely N-dealkylation sites (N-methyl/N-ethyl adjacent to an activating group) is 1. The van der Waals surface area contributed by atoms with Gasteiger partial charge in [0, 0.05) is 37.1 Å². The molecule has 0 amide bonds. The summed E-state index contributed by atoms with van der Waals surface area (Å²) in [6, 6.07) is 5.24. The van der Waals surface area contributed by atoms with E-state index >= 15 is 0 Å². The molecule has 3 unspecified atom stereocenters. The first-order valence-electron chi connectivity index (χ1n) is 7.15. The zero-order valence-electron chi connectivity index (χ0n) is 12.3. The lowest BCUT2D eigenvalue weighted by atomic mass is 9.95. The van der Waals surface area contributed by atoms with Crippen molar-refractivity contribution in [1.29, 1.82) is 0 Å². The molecule has 0 aliphatic carbocycles. The maximum absolute atomic E-state index is 6.25. The lowest BCUT2D eigenvalue weighted by molar-refractivity contribution is 0.0864. The van der Waals surface area contributed by atoms with Gasteiger partial charge in [-0.25, -0.2) is 0 Å². The first-order chi connectivity index (χ1) is 9.09. The van der Waals surface area contributed by atoms with Gasteiger partial charge < -0.3 is 10.6 Å². The van der Waals surface area contributed by atoms with Crippen LogP contribution in [0, 0.1) is 0 Å². The molecule has 0 saturated carbocycles. The second-order valence-electron chi connectivity index (χ2n) is 5.84. The number of piperidine rings is 1. The van der Waals surface area contributed by atoms with E-state index in [-0.39, 0.29) is 6.04 Å². The van der Waals surface area contributed by atoms with Crippen molar-refractivity contribution in [3.8, 4) is 0 Å². The number of rotatable bonds is 4. The molecule has 0 bridgehead atoms. The quantitative estimate of drug-likeness (QED) is 0.893. The predicted molar refractivity (Wildman–Crippen MR) is 78.9 cm³/mol. The van der Waals surface area contributed by atoms with E-state index in [0.29, 0.717) is 12.1 Å². The van der Waals surface area contributed by atoms with Crippen LogP contribution in [0.5, 0.6) is 0 Å². The third-order valence-electron chi connectivity index (χ3n) is 4.10. The van der Waals surface area contributed by atoms with Crippen LogP contribution in [0.15, 0.2) is 24.5 Å². The van der Waals surface area contributed by atoms with Crippen molar-refractivity contribution < 1.29 is 0 Å². The Balaban J connectivity index is 2.15. The molecule has 2 N–H and O–H groups in total. The van der Waals surface area contributed by atoms with Crippen LogP contribution in [0.25, 0.3) is 0 Å². The molecule has 0 aromatic carbocycles. The molecule has 4 nitrogen and oxygen atoms in total. The first-order valence-corrected chi connectivity index (χ1v) is 7.15. The fourth-order valence-electron chi connectivity index (χ4n) is 3.06. The third-order valence-corrected chi connectivity index (χ3v) is 4.10. The van der Waals surface area contributed by atoms with Crippen LogP contribution >= 0.6 is 0 Å². The molecule has 1 saturated heterocycles. The Morgan fingerprint density at radius 1 is 1.37 bits per heavy atom.